The molecule has 0 aromatic heterocycles. The Labute approximate surface area is 223 Å². The van der Waals surface area contributed by atoms with E-state index in [0.717, 1.165) is 36.0 Å². The van der Waals surface area contributed by atoms with Gasteiger partial charge in [-0.25, -0.2) is 0 Å². The summed E-state index contributed by atoms with van der Waals surface area (Å²) in [7, 11) is 0. The van der Waals surface area contributed by atoms with E-state index < -0.39 is 0 Å². The van der Waals surface area contributed by atoms with Crippen molar-refractivity contribution in [2.75, 3.05) is 0 Å². The number of hydrogen-bond acceptors (Lipinski definition) is 1. The van der Waals surface area contributed by atoms with Crippen molar-refractivity contribution < 1.29 is 0 Å². The minimum Gasteiger partial charge on any atom is -0.368 e. The summed E-state index contributed by atoms with van der Waals surface area (Å²) in [6.45, 7) is 14.2. The van der Waals surface area contributed by atoms with Crippen LogP contribution in [-0.4, -0.2) is 16.0 Å². The molecule has 3 fully saturated rings. The maximum absolute atomic E-state index is 2.65. The maximum Gasteiger partial charge on any atom is 0.0348 e. The van der Waals surface area contributed by atoms with Crippen molar-refractivity contribution in [1.82, 2.24) is 4.90 Å². The molecule has 0 radical (unpaired) electrons. The van der Waals surface area contributed by atoms with Crippen LogP contribution in [0.15, 0.2) is 48.7 Å². The molecular weight excluding hydrogens is 434 g/mol. The average Bonchev–Trinajstić information content (AvgIpc) is 2.87. The normalized spacial score (nSPS) is 31.3. The lowest BCUT2D eigenvalue weighted by atomic mass is 9.62. The highest BCUT2D eigenvalue weighted by atomic mass is 15.2. The summed E-state index contributed by atoms with van der Waals surface area (Å²) in [5.41, 5.74) is 3.61. The third-order valence-electron chi connectivity index (χ3n) is 10.3. The molecule has 0 bridgehead atoms. The predicted octanol–water partition coefficient (Wildman–Crippen LogP) is 10.1. The van der Waals surface area contributed by atoms with Crippen molar-refractivity contribution in [3.63, 3.8) is 0 Å². The third-order valence-corrected chi connectivity index (χ3v) is 10.3. The van der Waals surface area contributed by atoms with Gasteiger partial charge in [-0.2, -0.15) is 0 Å². The highest BCUT2D eigenvalue weighted by Gasteiger charge is 2.46. The van der Waals surface area contributed by atoms with Gasteiger partial charge in [0, 0.05) is 11.1 Å². The lowest BCUT2D eigenvalue weighted by molar-refractivity contribution is -0.0358. The first kappa shape index (κ1) is 27.5. The van der Waals surface area contributed by atoms with Gasteiger partial charge in [0.15, 0.2) is 0 Å². The summed E-state index contributed by atoms with van der Waals surface area (Å²) in [6.07, 6.45) is 25.8. The van der Waals surface area contributed by atoms with Crippen molar-refractivity contribution in [2.45, 2.75) is 136 Å². The topological polar surface area (TPSA) is 3.24 Å². The fraction of sp³-hybridized carbons (Fsp3) is 0.714. The second-order valence-electron chi connectivity index (χ2n) is 13.8. The van der Waals surface area contributed by atoms with Gasteiger partial charge >= 0.3 is 0 Å². The van der Waals surface area contributed by atoms with E-state index in [1.165, 1.54) is 76.2 Å². The number of benzene rings is 1. The summed E-state index contributed by atoms with van der Waals surface area (Å²) >= 11 is 0. The van der Waals surface area contributed by atoms with Gasteiger partial charge < -0.3 is 4.90 Å². The van der Waals surface area contributed by atoms with Crippen LogP contribution < -0.4 is 0 Å². The molecule has 36 heavy (non-hydrogen) atoms. The molecule has 1 aliphatic heterocycles. The summed E-state index contributed by atoms with van der Waals surface area (Å²) < 4.78 is 0. The highest BCUT2D eigenvalue weighted by molar-refractivity contribution is 5.26. The van der Waals surface area contributed by atoms with Crippen LogP contribution >= 0.6 is 0 Å². The standard InChI is InChI=1S/C35H55N/c1-7-9-10-11-27-12-14-28(15-13-27)29-16-18-30(19-17-29)31-20-22-32(23-21-31)33-25-34(3,4)36(24-8-2)35(5,6)26-33/h7-9,12-15,24,29-33H,10-11,16-23,25-26H2,1-6H3/b9-7+,24-8+. The first-order chi connectivity index (χ1) is 17.2. The Morgan fingerprint density at radius 3 is 1.69 bits per heavy atom. The number of likely N-dealkylation sites (tertiary alicyclic amines) is 1. The van der Waals surface area contributed by atoms with E-state index in [9.17, 15) is 0 Å². The Morgan fingerprint density at radius 2 is 1.19 bits per heavy atom. The van der Waals surface area contributed by atoms with Crippen LogP contribution in [0.1, 0.15) is 129 Å². The van der Waals surface area contributed by atoms with Crippen molar-refractivity contribution in [3.8, 4) is 0 Å². The molecule has 2 saturated carbocycles. The quantitative estimate of drug-likeness (QED) is 0.344. The van der Waals surface area contributed by atoms with Gasteiger partial charge in [0.2, 0.25) is 0 Å². The number of piperidine rings is 1. The molecule has 2 aliphatic carbocycles. The number of nitrogens with zero attached hydrogens (tertiary/aromatic N) is 1. The SMILES string of the molecule is C/C=C/CCc1ccc(C2CCC(C3CCC(C4CC(C)(C)N(/C=C/C)C(C)(C)C4)CC3)CC2)cc1. The smallest absolute Gasteiger partial charge is 0.0348 e. The summed E-state index contributed by atoms with van der Waals surface area (Å²) in [5.74, 6) is 4.64. The van der Waals surface area contributed by atoms with E-state index in [1.54, 1.807) is 5.56 Å². The molecule has 1 aromatic rings. The first-order valence-corrected chi connectivity index (χ1v) is 15.4. The van der Waals surface area contributed by atoms with Crippen LogP contribution in [0.5, 0.6) is 0 Å². The molecule has 1 saturated heterocycles. The molecule has 200 valence electrons. The maximum atomic E-state index is 2.65. The number of aryl methyl sites for hydroxylation is 1. The molecule has 0 spiro atoms. The fourth-order valence-corrected chi connectivity index (χ4v) is 8.64. The lowest BCUT2D eigenvalue weighted by Crippen LogP contribution is -2.58. The molecule has 4 rings (SSSR count). The Hall–Kier alpha value is -1.50. The molecule has 1 aromatic carbocycles. The van der Waals surface area contributed by atoms with Gasteiger partial charge in [0.05, 0.1) is 0 Å². The Morgan fingerprint density at radius 1 is 0.694 bits per heavy atom. The van der Waals surface area contributed by atoms with Crippen LogP contribution in [-0.2, 0) is 6.42 Å². The van der Waals surface area contributed by atoms with Crippen molar-refractivity contribution in [3.05, 3.63) is 59.8 Å². The molecule has 0 atom stereocenters. The summed E-state index contributed by atoms with van der Waals surface area (Å²) in [4.78, 5) is 2.65. The largest absolute Gasteiger partial charge is 0.368 e. The Kier molecular flexibility index (Phi) is 9.11. The van der Waals surface area contributed by atoms with Gasteiger partial charge in [-0.3, -0.25) is 0 Å². The van der Waals surface area contributed by atoms with Gasteiger partial charge in [-0.05, 0) is 166 Å². The van der Waals surface area contributed by atoms with Crippen molar-refractivity contribution in [1.29, 1.82) is 0 Å². The molecule has 0 amide bonds. The zero-order valence-corrected chi connectivity index (χ0v) is 24.4. The van der Waals surface area contributed by atoms with Gasteiger partial charge in [0.25, 0.3) is 0 Å². The number of hydrogen-bond donors (Lipinski definition) is 0. The van der Waals surface area contributed by atoms with E-state index >= 15 is 0 Å². The molecule has 1 nitrogen and oxygen atoms in total. The van der Waals surface area contributed by atoms with E-state index in [2.05, 4.69) is 95.1 Å². The molecule has 0 N–H and O–H groups in total. The van der Waals surface area contributed by atoms with Gasteiger partial charge in [-0.15, -0.1) is 0 Å². The zero-order valence-electron chi connectivity index (χ0n) is 24.4. The number of allylic oxidation sites excluding steroid dienone is 3. The van der Waals surface area contributed by atoms with Crippen LogP contribution in [0.25, 0.3) is 0 Å². The minimum absolute atomic E-state index is 0.263. The first-order valence-electron chi connectivity index (χ1n) is 15.4. The third kappa shape index (κ3) is 6.49. The summed E-state index contributed by atoms with van der Waals surface area (Å²) in [5, 5.41) is 0. The van der Waals surface area contributed by atoms with E-state index in [0.29, 0.717) is 0 Å². The lowest BCUT2D eigenvalue weighted by Gasteiger charge is -2.57. The van der Waals surface area contributed by atoms with E-state index in [4.69, 9.17) is 0 Å². The van der Waals surface area contributed by atoms with E-state index in [1.807, 2.05) is 0 Å². The van der Waals surface area contributed by atoms with Crippen LogP contribution in [0, 0.1) is 23.7 Å². The second kappa shape index (κ2) is 11.9. The van der Waals surface area contributed by atoms with Crippen molar-refractivity contribution >= 4 is 0 Å². The zero-order chi connectivity index (χ0) is 25.8. The van der Waals surface area contributed by atoms with E-state index in [-0.39, 0.29) is 11.1 Å². The summed E-state index contributed by atoms with van der Waals surface area (Å²) in [6, 6.07) is 9.65. The Balaban J connectivity index is 1.25. The average molecular weight is 490 g/mol. The van der Waals surface area contributed by atoms with Gasteiger partial charge in [-0.1, -0.05) is 42.5 Å². The number of rotatable bonds is 7. The molecule has 3 aliphatic rings. The fourth-order valence-electron chi connectivity index (χ4n) is 8.64. The van der Waals surface area contributed by atoms with Crippen LogP contribution in [0.2, 0.25) is 0 Å². The van der Waals surface area contributed by atoms with Crippen molar-refractivity contribution in [2.24, 2.45) is 23.7 Å². The molecular formula is C35H55N. The molecule has 1 heterocycles. The monoisotopic (exact) mass is 489 g/mol. The molecule has 1 heteroatoms. The predicted molar refractivity (Wildman–Crippen MR) is 157 cm³/mol. The van der Waals surface area contributed by atoms with Crippen LogP contribution in [0.3, 0.4) is 0 Å². The minimum atomic E-state index is 0.263. The highest BCUT2D eigenvalue weighted by Crippen LogP contribution is 2.50. The molecule has 0 unspecified atom stereocenters. The second-order valence-corrected chi connectivity index (χ2v) is 13.8. The van der Waals surface area contributed by atoms with Gasteiger partial charge in [0.1, 0.15) is 0 Å². The van der Waals surface area contributed by atoms with Crippen LogP contribution in [0.4, 0.5) is 0 Å². The Bertz CT molecular complexity index is 838.